The molecule has 1 aromatic rings. The SMILES string of the molecule is CC1(CNC(=O)c2ncccc2Br)COC1. The van der Waals surface area contributed by atoms with Crippen LogP contribution in [0.15, 0.2) is 22.8 Å². The summed E-state index contributed by atoms with van der Waals surface area (Å²) in [6, 6.07) is 3.58. The van der Waals surface area contributed by atoms with Gasteiger partial charge in [-0.1, -0.05) is 6.92 Å². The van der Waals surface area contributed by atoms with Crippen molar-refractivity contribution in [3.8, 4) is 0 Å². The first-order valence-corrected chi connectivity index (χ1v) is 5.86. The second-order valence-corrected chi connectivity index (χ2v) is 5.17. The Kier molecular flexibility index (Phi) is 3.25. The van der Waals surface area contributed by atoms with Gasteiger partial charge in [0.1, 0.15) is 5.69 Å². The maximum Gasteiger partial charge on any atom is 0.271 e. The number of nitrogens with zero attached hydrogens (tertiary/aromatic N) is 1. The molecular weight excluding hydrogens is 272 g/mol. The van der Waals surface area contributed by atoms with Gasteiger partial charge in [-0.2, -0.15) is 0 Å². The third-order valence-electron chi connectivity index (χ3n) is 2.55. The van der Waals surface area contributed by atoms with Crippen molar-refractivity contribution in [2.24, 2.45) is 5.41 Å². The number of hydrogen-bond donors (Lipinski definition) is 1. The second-order valence-electron chi connectivity index (χ2n) is 4.32. The molecule has 4 nitrogen and oxygen atoms in total. The van der Waals surface area contributed by atoms with Crippen molar-refractivity contribution in [1.82, 2.24) is 10.3 Å². The van der Waals surface area contributed by atoms with Gasteiger partial charge in [0.2, 0.25) is 0 Å². The highest BCUT2D eigenvalue weighted by Crippen LogP contribution is 2.25. The minimum Gasteiger partial charge on any atom is -0.380 e. The van der Waals surface area contributed by atoms with Gasteiger partial charge in [-0.05, 0) is 28.1 Å². The molecule has 2 heterocycles. The Morgan fingerprint density at radius 1 is 1.69 bits per heavy atom. The number of nitrogens with one attached hydrogen (secondary N) is 1. The van der Waals surface area contributed by atoms with E-state index in [0.29, 0.717) is 29.9 Å². The summed E-state index contributed by atoms with van der Waals surface area (Å²) in [5.41, 5.74) is 0.503. The molecule has 0 aromatic carbocycles. The molecule has 0 bridgehead atoms. The highest BCUT2D eigenvalue weighted by atomic mass is 79.9. The van der Waals surface area contributed by atoms with Gasteiger partial charge in [0, 0.05) is 22.6 Å². The van der Waals surface area contributed by atoms with Gasteiger partial charge in [0.25, 0.3) is 5.91 Å². The predicted molar refractivity (Wildman–Crippen MR) is 63.2 cm³/mol. The van der Waals surface area contributed by atoms with E-state index in [-0.39, 0.29) is 11.3 Å². The summed E-state index contributed by atoms with van der Waals surface area (Å²) >= 11 is 3.30. The maximum atomic E-state index is 11.8. The molecule has 1 aromatic heterocycles. The number of amides is 1. The van der Waals surface area contributed by atoms with E-state index in [1.165, 1.54) is 0 Å². The Bertz CT molecular complexity index is 405. The van der Waals surface area contributed by atoms with Gasteiger partial charge in [0.05, 0.1) is 13.2 Å². The first-order chi connectivity index (χ1) is 7.61. The van der Waals surface area contributed by atoms with E-state index in [0.717, 1.165) is 0 Å². The quantitative estimate of drug-likeness (QED) is 0.918. The van der Waals surface area contributed by atoms with Crippen molar-refractivity contribution >= 4 is 21.8 Å². The Morgan fingerprint density at radius 2 is 2.44 bits per heavy atom. The minimum atomic E-state index is -0.152. The van der Waals surface area contributed by atoms with Crippen LogP contribution >= 0.6 is 15.9 Å². The largest absolute Gasteiger partial charge is 0.380 e. The standard InChI is InChI=1S/C11H13BrN2O2/c1-11(6-16-7-11)5-14-10(15)9-8(12)3-2-4-13-9/h2-4H,5-7H2,1H3,(H,14,15). The van der Waals surface area contributed by atoms with Crippen LogP contribution in [0.2, 0.25) is 0 Å². The highest BCUT2D eigenvalue weighted by molar-refractivity contribution is 9.10. The fourth-order valence-corrected chi connectivity index (χ4v) is 1.92. The van der Waals surface area contributed by atoms with Crippen LogP contribution in [-0.4, -0.2) is 30.6 Å². The first kappa shape index (κ1) is 11.5. The third kappa shape index (κ3) is 2.41. The van der Waals surface area contributed by atoms with Crippen LogP contribution in [0.3, 0.4) is 0 Å². The van der Waals surface area contributed by atoms with E-state index in [1.807, 2.05) is 0 Å². The van der Waals surface area contributed by atoms with Gasteiger partial charge in [-0.3, -0.25) is 4.79 Å². The van der Waals surface area contributed by atoms with Crippen LogP contribution in [0.1, 0.15) is 17.4 Å². The number of carbonyl (C=O) groups is 1. The first-order valence-electron chi connectivity index (χ1n) is 5.07. The van der Waals surface area contributed by atoms with Gasteiger partial charge in [-0.15, -0.1) is 0 Å². The molecule has 0 saturated carbocycles. The summed E-state index contributed by atoms with van der Waals surface area (Å²) in [4.78, 5) is 15.8. The second kappa shape index (κ2) is 4.51. The van der Waals surface area contributed by atoms with E-state index in [4.69, 9.17) is 4.74 Å². The molecule has 0 aliphatic carbocycles. The zero-order valence-corrected chi connectivity index (χ0v) is 10.6. The zero-order valence-electron chi connectivity index (χ0n) is 9.00. The lowest BCUT2D eigenvalue weighted by molar-refractivity contribution is -0.0978. The van der Waals surface area contributed by atoms with E-state index in [9.17, 15) is 4.79 Å². The molecule has 1 saturated heterocycles. The predicted octanol–water partition coefficient (Wildman–Crippen LogP) is 1.61. The van der Waals surface area contributed by atoms with Crippen LogP contribution in [0.5, 0.6) is 0 Å². The van der Waals surface area contributed by atoms with Crippen LogP contribution in [0.4, 0.5) is 0 Å². The van der Waals surface area contributed by atoms with Gasteiger partial charge in [0.15, 0.2) is 0 Å². The van der Waals surface area contributed by atoms with Crippen molar-refractivity contribution < 1.29 is 9.53 Å². The molecule has 1 aliphatic heterocycles. The van der Waals surface area contributed by atoms with Crippen molar-refractivity contribution in [1.29, 1.82) is 0 Å². The zero-order chi connectivity index (χ0) is 11.6. The lowest BCUT2D eigenvalue weighted by Gasteiger charge is -2.37. The molecule has 86 valence electrons. The summed E-state index contributed by atoms with van der Waals surface area (Å²) < 4.78 is 5.83. The summed E-state index contributed by atoms with van der Waals surface area (Å²) in [6.07, 6.45) is 1.61. The molecule has 2 rings (SSSR count). The topological polar surface area (TPSA) is 51.2 Å². The number of hydrogen-bond acceptors (Lipinski definition) is 3. The molecule has 5 heteroatoms. The maximum absolute atomic E-state index is 11.8. The Morgan fingerprint density at radius 3 is 3.00 bits per heavy atom. The van der Waals surface area contributed by atoms with E-state index < -0.39 is 0 Å². The highest BCUT2D eigenvalue weighted by Gasteiger charge is 2.33. The number of rotatable bonds is 3. The molecule has 1 aliphatic rings. The van der Waals surface area contributed by atoms with Gasteiger partial charge < -0.3 is 10.1 Å². The molecule has 0 spiro atoms. The van der Waals surface area contributed by atoms with Crippen molar-refractivity contribution in [3.63, 3.8) is 0 Å². The molecule has 16 heavy (non-hydrogen) atoms. The minimum absolute atomic E-state index is 0.0803. The average Bonchev–Trinajstić information content (AvgIpc) is 2.24. The fraction of sp³-hybridized carbons (Fsp3) is 0.455. The number of carbonyl (C=O) groups excluding carboxylic acids is 1. The summed E-state index contributed by atoms with van der Waals surface area (Å²) in [5.74, 6) is -0.152. The lowest BCUT2D eigenvalue weighted by Crippen LogP contribution is -2.48. The molecular formula is C11H13BrN2O2. The number of ether oxygens (including phenoxy) is 1. The lowest BCUT2D eigenvalue weighted by atomic mass is 9.89. The summed E-state index contributed by atoms with van der Waals surface area (Å²) in [7, 11) is 0. The number of halogens is 1. The summed E-state index contributed by atoms with van der Waals surface area (Å²) in [5, 5.41) is 2.87. The molecule has 0 unspecified atom stereocenters. The van der Waals surface area contributed by atoms with E-state index >= 15 is 0 Å². The van der Waals surface area contributed by atoms with Crippen molar-refractivity contribution in [2.45, 2.75) is 6.92 Å². The Hall–Kier alpha value is -0.940. The van der Waals surface area contributed by atoms with Crippen LogP contribution in [0, 0.1) is 5.41 Å². The summed E-state index contributed by atoms with van der Waals surface area (Å²) in [6.45, 7) is 4.12. The van der Waals surface area contributed by atoms with Crippen LogP contribution in [0.25, 0.3) is 0 Å². The molecule has 1 fully saturated rings. The van der Waals surface area contributed by atoms with E-state index in [2.05, 4.69) is 33.2 Å². The fourth-order valence-electron chi connectivity index (χ4n) is 1.48. The smallest absolute Gasteiger partial charge is 0.271 e. The molecule has 1 amide bonds. The van der Waals surface area contributed by atoms with Gasteiger partial charge >= 0.3 is 0 Å². The van der Waals surface area contributed by atoms with Crippen molar-refractivity contribution in [2.75, 3.05) is 19.8 Å². The van der Waals surface area contributed by atoms with Crippen molar-refractivity contribution in [3.05, 3.63) is 28.5 Å². The monoisotopic (exact) mass is 284 g/mol. The van der Waals surface area contributed by atoms with E-state index in [1.54, 1.807) is 18.3 Å². The molecule has 0 atom stereocenters. The number of aromatic nitrogens is 1. The normalized spacial score (nSPS) is 17.6. The Labute approximate surface area is 103 Å². The van der Waals surface area contributed by atoms with Gasteiger partial charge in [-0.25, -0.2) is 4.98 Å². The average molecular weight is 285 g/mol. The third-order valence-corrected chi connectivity index (χ3v) is 3.19. The van der Waals surface area contributed by atoms with Crippen LogP contribution in [-0.2, 0) is 4.74 Å². The van der Waals surface area contributed by atoms with Crippen LogP contribution < -0.4 is 5.32 Å². The molecule has 0 radical (unpaired) electrons. The Balaban J connectivity index is 1.96. The molecule has 1 N–H and O–H groups in total. The number of pyridine rings is 1.